The minimum Gasteiger partial charge on any atom is -0.490 e. The molecular weight excluding hydrogens is 482 g/mol. The van der Waals surface area contributed by atoms with Crippen LogP contribution in [0.3, 0.4) is 0 Å². The monoisotopic (exact) mass is 519 g/mol. The van der Waals surface area contributed by atoms with Gasteiger partial charge in [-0.1, -0.05) is 68.4 Å². The summed E-state index contributed by atoms with van der Waals surface area (Å²) in [7, 11) is 0. The van der Waals surface area contributed by atoms with Crippen LogP contribution in [0, 0.1) is 0 Å². The van der Waals surface area contributed by atoms with Gasteiger partial charge in [-0.15, -0.1) is 0 Å². The van der Waals surface area contributed by atoms with Crippen LogP contribution in [0.25, 0.3) is 0 Å². The van der Waals surface area contributed by atoms with Gasteiger partial charge in [0, 0.05) is 6.54 Å². The lowest BCUT2D eigenvalue weighted by atomic mass is 9.86. The molecule has 2 heterocycles. The van der Waals surface area contributed by atoms with Gasteiger partial charge in [-0.05, 0) is 52.3 Å². The standard InChI is InChI=1S/C31H37NO6/c1-19(2)24-10-9-22(31-30(36)29(35)28(34)27(18-33)38-31)16-23(24)14-21-8-11-26-25(15-21)32(12-13-37-26)17-20-6-4-3-5-7-20/h3-11,15-16,19,27-31,33-36H,12-14,17-18H2,1-2H3/t27-,28-,29?,30-,31+/m1/s1. The van der Waals surface area contributed by atoms with Gasteiger partial charge in [0.15, 0.2) is 0 Å². The molecular formula is C31H37NO6. The number of anilines is 1. The molecule has 3 aromatic carbocycles. The van der Waals surface area contributed by atoms with Crippen LogP contribution in [0.15, 0.2) is 66.7 Å². The van der Waals surface area contributed by atoms with Gasteiger partial charge in [0.05, 0.1) is 18.8 Å². The van der Waals surface area contributed by atoms with Crippen LogP contribution in [0.2, 0.25) is 0 Å². The zero-order chi connectivity index (χ0) is 26.8. The highest BCUT2D eigenvalue weighted by atomic mass is 16.5. The van der Waals surface area contributed by atoms with Gasteiger partial charge >= 0.3 is 0 Å². The minimum absolute atomic E-state index is 0.282. The van der Waals surface area contributed by atoms with Crippen molar-refractivity contribution in [2.75, 3.05) is 24.7 Å². The minimum atomic E-state index is -1.41. The molecule has 1 unspecified atom stereocenters. The normalized spacial score (nSPS) is 25.2. The van der Waals surface area contributed by atoms with E-state index >= 15 is 0 Å². The Balaban J connectivity index is 1.44. The third-order valence-corrected chi connectivity index (χ3v) is 7.60. The summed E-state index contributed by atoms with van der Waals surface area (Å²) >= 11 is 0. The Kier molecular flexibility index (Phi) is 8.02. The molecule has 5 rings (SSSR count). The number of hydrogen-bond acceptors (Lipinski definition) is 7. The second-order valence-electron chi connectivity index (χ2n) is 10.6. The second kappa shape index (κ2) is 11.4. The summed E-state index contributed by atoms with van der Waals surface area (Å²) in [5.74, 6) is 1.17. The Bertz CT molecular complexity index is 1230. The smallest absolute Gasteiger partial charge is 0.142 e. The molecule has 2 aliphatic heterocycles. The summed E-state index contributed by atoms with van der Waals surface area (Å²) < 4.78 is 11.8. The van der Waals surface area contributed by atoms with E-state index in [0.717, 1.165) is 35.7 Å². The Morgan fingerprint density at radius 2 is 1.68 bits per heavy atom. The highest BCUT2D eigenvalue weighted by Crippen LogP contribution is 2.37. The van der Waals surface area contributed by atoms with E-state index < -0.39 is 37.1 Å². The van der Waals surface area contributed by atoms with E-state index in [0.29, 0.717) is 18.6 Å². The van der Waals surface area contributed by atoms with E-state index in [2.05, 4.69) is 55.1 Å². The summed E-state index contributed by atoms with van der Waals surface area (Å²) in [6, 6.07) is 22.7. The van der Waals surface area contributed by atoms with Gasteiger partial charge in [0.2, 0.25) is 0 Å². The van der Waals surface area contributed by atoms with E-state index in [1.54, 1.807) is 0 Å². The van der Waals surface area contributed by atoms with Gasteiger partial charge in [0.25, 0.3) is 0 Å². The Morgan fingerprint density at radius 3 is 2.42 bits per heavy atom. The fraction of sp³-hybridized carbons (Fsp3) is 0.419. The van der Waals surface area contributed by atoms with E-state index in [9.17, 15) is 20.4 Å². The molecule has 0 aromatic heterocycles. The molecule has 0 spiro atoms. The van der Waals surface area contributed by atoms with E-state index in [1.807, 2.05) is 30.3 Å². The van der Waals surface area contributed by atoms with Crippen LogP contribution >= 0.6 is 0 Å². The maximum atomic E-state index is 10.7. The third-order valence-electron chi connectivity index (χ3n) is 7.60. The largest absolute Gasteiger partial charge is 0.490 e. The van der Waals surface area contributed by atoms with Crippen molar-refractivity contribution in [3.05, 3.63) is 94.5 Å². The van der Waals surface area contributed by atoms with Crippen molar-refractivity contribution >= 4 is 5.69 Å². The molecule has 1 saturated heterocycles. The Hall–Kier alpha value is -2.94. The highest BCUT2D eigenvalue weighted by molar-refractivity contribution is 5.62. The zero-order valence-electron chi connectivity index (χ0n) is 21.9. The van der Waals surface area contributed by atoms with Crippen molar-refractivity contribution in [2.45, 2.75) is 63.3 Å². The molecule has 0 radical (unpaired) electrons. The Morgan fingerprint density at radius 1 is 0.895 bits per heavy atom. The Labute approximate surface area is 223 Å². The van der Waals surface area contributed by atoms with Crippen molar-refractivity contribution in [1.29, 1.82) is 0 Å². The number of hydrogen-bond donors (Lipinski definition) is 4. The van der Waals surface area contributed by atoms with Crippen molar-refractivity contribution in [3.63, 3.8) is 0 Å². The van der Waals surface area contributed by atoms with E-state index in [4.69, 9.17) is 9.47 Å². The number of benzene rings is 3. The third kappa shape index (κ3) is 5.44. The van der Waals surface area contributed by atoms with Gasteiger partial charge in [-0.25, -0.2) is 0 Å². The average Bonchev–Trinajstić information content (AvgIpc) is 2.93. The summed E-state index contributed by atoms with van der Waals surface area (Å²) in [4.78, 5) is 2.35. The SMILES string of the molecule is CC(C)c1ccc([C@@H]2O[C@H](CO)[C@@H](O)C(O)[C@H]2O)cc1Cc1ccc2c(c1)N(Cc1ccccc1)CCO2. The molecule has 0 saturated carbocycles. The van der Waals surface area contributed by atoms with Crippen LogP contribution in [0.1, 0.15) is 53.7 Å². The molecule has 7 nitrogen and oxygen atoms in total. The first-order chi connectivity index (χ1) is 18.4. The zero-order valence-corrected chi connectivity index (χ0v) is 21.9. The lowest BCUT2D eigenvalue weighted by Crippen LogP contribution is -2.55. The maximum Gasteiger partial charge on any atom is 0.142 e. The molecule has 202 valence electrons. The number of nitrogens with zero attached hydrogens (tertiary/aromatic N) is 1. The summed E-state index contributed by atoms with van der Waals surface area (Å²) in [6.07, 6.45) is -5.22. The molecule has 0 aliphatic carbocycles. The number of aliphatic hydroxyl groups is 4. The first-order valence-electron chi connectivity index (χ1n) is 13.3. The van der Waals surface area contributed by atoms with Gasteiger partial charge in [-0.2, -0.15) is 0 Å². The molecule has 2 aliphatic rings. The molecule has 7 heteroatoms. The van der Waals surface area contributed by atoms with Gasteiger partial charge in [-0.3, -0.25) is 0 Å². The number of aliphatic hydroxyl groups excluding tert-OH is 4. The average molecular weight is 520 g/mol. The van der Waals surface area contributed by atoms with Crippen LogP contribution in [0.4, 0.5) is 5.69 Å². The van der Waals surface area contributed by atoms with Crippen LogP contribution in [-0.2, 0) is 17.7 Å². The lowest BCUT2D eigenvalue weighted by molar-refractivity contribution is -0.231. The summed E-state index contributed by atoms with van der Waals surface area (Å²) in [5, 5.41) is 40.8. The second-order valence-corrected chi connectivity index (χ2v) is 10.6. The van der Waals surface area contributed by atoms with Crippen LogP contribution in [-0.4, -0.2) is 64.6 Å². The van der Waals surface area contributed by atoms with Crippen molar-refractivity contribution in [3.8, 4) is 5.75 Å². The first-order valence-corrected chi connectivity index (χ1v) is 13.3. The quantitative estimate of drug-likeness (QED) is 0.380. The van der Waals surface area contributed by atoms with E-state index in [-0.39, 0.29) is 5.92 Å². The predicted molar refractivity (Wildman–Crippen MR) is 145 cm³/mol. The fourth-order valence-corrected chi connectivity index (χ4v) is 5.51. The molecule has 38 heavy (non-hydrogen) atoms. The number of fused-ring (bicyclic) bond motifs is 1. The number of rotatable bonds is 7. The molecule has 4 N–H and O–H groups in total. The highest BCUT2D eigenvalue weighted by Gasteiger charge is 2.44. The molecule has 3 aromatic rings. The predicted octanol–water partition coefficient (Wildman–Crippen LogP) is 3.31. The van der Waals surface area contributed by atoms with Crippen LogP contribution < -0.4 is 9.64 Å². The van der Waals surface area contributed by atoms with Crippen LogP contribution in [0.5, 0.6) is 5.75 Å². The first kappa shape index (κ1) is 26.7. The fourth-order valence-electron chi connectivity index (χ4n) is 5.51. The molecule has 5 atom stereocenters. The lowest BCUT2D eigenvalue weighted by Gasteiger charge is -2.40. The molecule has 0 amide bonds. The van der Waals surface area contributed by atoms with Gasteiger partial charge < -0.3 is 34.8 Å². The van der Waals surface area contributed by atoms with Crippen molar-refractivity contribution in [1.82, 2.24) is 0 Å². The summed E-state index contributed by atoms with van der Waals surface area (Å²) in [6.45, 7) is 6.12. The van der Waals surface area contributed by atoms with Crippen molar-refractivity contribution < 1.29 is 29.9 Å². The topological polar surface area (TPSA) is 103 Å². The summed E-state index contributed by atoms with van der Waals surface area (Å²) in [5.41, 5.74) is 6.46. The molecule has 1 fully saturated rings. The van der Waals surface area contributed by atoms with Crippen molar-refractivity contribution in [2.24, 2.45) is 0 Å². The number of ether oxygens (including phenoxy) is 2. The van der Waals surface area contributed by atoms with Gasteiger partial charge in [0.1, 0.15) is 42.9 Å². The molecule has 0 bridgehead atoms. The maximum absolute atomic E-state index is 10.7. The van der Waals surface area contributed by atoms with E-state index in [1.165, 1.54) is 11.1 Å².